The first-order chi connectivity index (χ1) is 10.1. The molecule has 2 aromatic heterocycles. The second-order valence-corrected chi connectivity index (χ2v) is 8.09. The molecule has 114 valence electrons. The van der Waals surface area contributed by atoms with Gasteiger partial charge in [-0.15, -0.1) is 11.3 Å². The lowest BCUT2D eigenvalue weighted by Gasteiger charge is -2.21. The van der Waals surface area contributed by atoms with E-state index in [1.54, 1.807) is 11.3 Å². The lowest BCUT2D eigenvalue weighted by molar-refractivity contribution is 0.444. The first kappa shape index (κ1) is 15.1. The molecule has 0 aromatic carbocycles. The number of thioether (sulfide) groups is 1. The summed E-state index contributed by atoms with van der Waals surface area (Å²) in [5.74, 6) is 4.08. The van der Waals surface area contributed by atoms with Crippen LogP contribution in [0.25, 0.3) is 10.2 Å². The summed E-state index contributed by atoms with van der Waals surface area (Å²) in [6, 6.07) is 0. The van der Waals surface area contributed by atoms with Gasteiger partial charge in [0.05, 0.1) is 11.9 Å². The molecular weight excluding hydrogens is 302 g/mol. The predicted octanol–water partition coefficient (Wildman–Crippen LogP) is 2.83. The summed E-state index contributed by atoms with van der Waals surface area (Å²) in [4.78, 5) is 21.7. The Balaban J connectivity index is 1.68. The lowest BCUT2D eigenvalue weighted by atomic mass is 10.0. The van der Waals surface area contributed by atoms with Gasteiger partial charge >= 0.3 is 0 Å². The highest BCUT2D eigenvalue weighted by Crippen LogP contribution is 2.25. The fourth-order valence-corrected chi connectivity index (χ4v) is 4.98. The molecule has 0 spiro atoms. The lowest BCUT2D eigenvalue weighted by Crippen LogP contribution is -2.27. The van der Waals surface area contributed by atoms with Gasteiger partial charge in [0.1, 0.15) is 10.7 Å². The van der Waals surface area contributed by atoms with Gasteiger partial charge in [-0.1, -0.05) is 0 Å². The van der Waals surface area contributed by atoms with Crippen molar-refractivity contribution in [3.8, 4) is 0 Å². The number of aromatic nitrogens is 2. The van der Waals surface area contributed by atoms with E-state index < -0.39 is 0 Å². The van der Waals surface area contributed by atoms with E-state index in [0.717, 1.165) is 34.1 Å². The molecule has 0 aliphatic carbocycles. The fraction of sp³-hybridized carbons (Fsp3) is 0.600. The fourth-order valence-electron chi connectivity index (χ4n) is 2.73. The number of hydrogen-bond donors (Lipinski definition) is 2. The molecule has 4 nitrogen and oxygen atoms in total. The molecule has 2 N–H and O–H groups in total. The molecule has 3 heterocycles. The van der Waals surface area contributed by atoms with Crippen LogP contribution in [0.15, 0.2) is 4.79 Å². The molecule has 0 radical (unpaired) electrons. The van der Waals surface area contributed by atoms with Crippen LogP contribution in [0.2, 0.25) is 0 Å². The van der Waals surface area contributed by atoms with Gasteiger partial charge < -0.3 is 10.3 Å². The van der Waals surface area contributed by atoms with Crippen LogP contribution in [-0.4, -0.2) is 28.0 Å². The molecule has 21 heavy (non-hydrogen) atoms. The molecule has 3 rings (SSSR count). The number of fused-ring (bicyclic) bond motifs is 1. The van der Waals surface area contributed by atoms with Gasteiger partial charge in [-0.3, -0.25) is 4.79 Å². The second-order valence-electron chi connectivity index (χ2n) is 5.66. The monoisotopic (exact) mass is 323 g/mol. The van der Waals surface area contributed by atoms with E-state index in [0.29, 0.717) is 6.54 Å². The summed E-state index contributed by atoms with van der Waals surface area (Å²) in [6.07, 6.45) is 2.59. The minimum atomic E-state index is -0.00674. The quantitative estimate of drug-likeness (QED) is 0.908. The Morgan fingerprint density at radius 2 is 2.10 bits per heavy atom. The summed E-state index contributed by atoms with van der Waals surface area (Å²) in [5.41, 5.74) is 1.05. The number of H-pyrrole nitrogens is 1. The first-order valence-electron chi connectivity index (χ1n) is 7.42. The molecular formula is C15H21N3OS2. The summed E-state index contributed by atoms with van der Waals surface area (Å²) < 4.78 is 0. The van der Waals surface area contributed by atoms with E-state index in [1.807, 2.05) is 25.6 Å². The van der Waals surface area contributed by atoms with Crippen LogP contribution in [0.3, 0.4) is 0 Å². The maximum Gasteiger partial charge on any atom is 0.259 e. The van der Waals surface area contributed by atoms with Crippen LogP contribution in [0.4, 0.5) is 0 Å². The van der Waals surface area contributed by atoms with Gasteiger partial charge in [-0.25, -0.2) is 4.98 Å². The maximum atomic E-state index is 12.2. The minimum absolute atomic E-state index is 0.00674. The van der Waals surface area contributed by atoms with Gasteiger partial charge in [0.25, 0.3) is 5.56 Å². The van der Waals surface area contributed by atoms with Crippen molar-refractivity contribution < 1.29 is 0 Å². The van der Waals surface area contributed by atoms with E-state index in [4.69, 9.17) is 0 Å². The van der Waals surface area contributed by atoms with Crippen LogP contribution in [0, 0.1) is 19.8 Å². The van der Waals surface area contributed by atoms with Crippen LogP contribution < -0.4 is 10.9 Å². The zero-order valence-electron chi connectivity index (χ0n) is 12.5. The Labute approximate surface area is 132 Å². The highest BCUT2D eigenvalue weighted by atomic mass is 32.2. The number of aryl methyl sites for hydroxylation is 2. The third-order valence-electron chi connectivity index (χ3n) is 4.15. The Morgan fingerprint density at radius 3 is 2.86 bits per heavy atom. The highest BCUT2D eigenvalue weighted by molar-refractivity contribution is 7.99. The van der Waals surface area contributed by atoms with Gasteiger partial charge in [0.15, 0.2) is 0 Å². The first-order valence-corrected chi connectivity index (χ1v) is 9.39. The summed E-state index contributed by atoms with van der Waals surface area (Å²) in [6.45, 7) is 5.69. The number of nitrogens with one attached hydrogen (secondary N) is 2. The predicted molar refractivity (Wildman–Crippen MR) is 91.5 cm³/mol. The van der Waals surface area contributed by atoms with E-state index in [-0.39, 0.29) is 5.56 Å². The molecule has 0 atom stereocenters. The SMILES string of the molecule is Cc1sc2nc(CNCC3CCSCC3)[nH]c(=O)c2c1C. The molecule has 1 saturated heterocycles. The number of rotatable bonds is 4. The van der Waals surface area contributed by atoms with E-state index in [2.05, 4.69) is 15.3 Å². The van der Waals surface area contributed by atoms with E-state index >= 15 is 0 Å². The molecule has 1 aliphatic heterocycles. The largest absolute Gasteiger partial charge is 0.310 e. The molecule has 1 fully saturated rings. The van der Waals surface area contributed by atoms with Crippen molar-refractivity contribution in [1.29, 1.82) is 0 Å². The summed E-state index contributed by atoms with van der Waals surface area (Å²) in [5, 5.41) is 4.20. The molecule has 2 aromatic rings. The van der Waals surface area contributed by atoms with Gasteiger partial charge in [0.2, 0.25) is 0 Å². The van der Waals surface area contributed by atoms with Crippen molar-refractivity contribution >= 4 is 33.3 Å². The number of aromatic amines is 1. The normalized spacial score (nSPS) is 16.7. The Hall–Kier alpha value is -0.850. The third-order valence-corrected chi connectivity index (χ3v) is 6.30. The average molecular weight is 323 g/mol. The second kappa shape index (κ2) is 6.50. The molecule has 0 unspecified atom stereocenters. The summed E-state index contributed by atoms with van der Waals surface area (Å²) in [7, 11) is 0. The number of thiophene rings is 1. The van der Waals surface area contributed by atoms with Crippen molar-refractivity contribution in [3.05, 3.63) is 26.6 Å². The molecule has 0 bridgehead atoms. The van der Waals surface area contributed by atoms with E-state index in [1.165, 1.54) is 29.2 Å². The smallest absolute Gasteiger partial charge is 0.259 e. The Bertz CT molecular complexity index is 686. The van der Waals surface area contributed by atoms with Crippen molar-refractivity contribution in [2.24, 2.45) is 5.92 Å². The maximum absolute atomic E-state index is 12.2. The standard InChI is InChI=1S/C15H21N3OS2/c1-9-10(2)21-15-13(9)14(19)17-12(18-15)8-16-7-11-3-5-20-6-4-11/h11,16H,3-8H2,1-2H3,(H,17,18,19). The molecule has 6 heteroatoms. The molecule has 0 amide bonds. The third kappa shape index (κ3) is 3.33. The topological polar surface area (TPSA) is 57.8 Å². The van der Waals surface area contributed by atoms with Crippen LogP contribution in [0.1, 0.15) is 29.1 Å². The van der Waals surface area contributed by atoms with Crippen molar-refractivity contribution in [3.63, 3.8) is 0 Å². The summed E-state index contributed by atoms with van der Waals surface area (Å²) >= 11 is 3.66. The van der Waals surface area contributed by atoms with Gasteiger partial charge in [-0.2, -0.15) is 11.8 Å². The number of hydrogen-bond acceptors (Lipinski definition) is 5. The van der Waals surface area contributed by atoms with E-state index in [9.17, 15) is 4.79 Å². The van der Waals surface area contributed by atoms with Crippen LogP contribution in [0.5, 0.6) is 0 Å². The molecule has 0 saturated carbocycles. The van der Waals surface area contributed by atoms with Gasteiger partial charge in [-0.05, 0) is 56.2 Å². The average Bonchev–Trinajstić information content (AvgIpc) is 2.75. The highest BCUT2D eigenvalue weighted by Gasteiger charge is 2.14. The number of nitrogens with zero attached hydrogens (tertiary/aromatic N) is 1. The minimum Gasteiger partial charge on any atom is -0.310 e. The van der Waals surface area contributed by atoms with Gasteiger partial charge in [0, 0.05) is 4.88 Å². The van der Waals surface area contributed by atoms with Crippen molar-refractivity contribution in [1.82, 2.24) is 15.3 Å². The Kier molecular flexibility index (Phi) is 4.66. The van der Waals surface area contributed by atoms with Crippen molar-refractivity contribution in [2.75, 3.05) is 18.1 Å². The zero-order chi connectivity index (χ0) is 14.8. The van der Waals surface area contributed by atoms with Crippen LogP contribution >= 0.6 is 23.1 Å². The zero-order valence-corrected chi connectivity index (χ0v) is 14.1. The Morgan fingerprint density at radius 1 is 1.33 bits per heavy atom. The molecule has 1 aliphatic rings. The van der Waals surface area contributed by atoms with Crippen molar-refractivity contribution in [2.45, 2.75) is 33.2 Å². The van der Waals surface area contributed by atoms with Crippen LogP contribution in [-0.2, 0) is 6.54 Å².